The van der Waals surface area contributed by atoms with Gasteiger partial charge in [-0.2, -0.15) is 0 Å². The highest BCUT2D eigenvalue weighted by atomic mass is 79.9. The van der Waals surface area contributed by atoms with Gasteiger partial charge in [-0.15, -0.1) is 0 Å². The smallest absolute Gasteiger partial charge is 0.161 e. The van der Waals surface area contributed by atoms with E-state index in [1.165, 1.54) is 0 Å². The summed E-state index contributed by atoms with van der Waals surface area (Å²) in [6.45, 7) is 2.30. The number of hydrogen-bond acceptors (Lipinski definition) is 3. The Bertz CT molecular complexity index is 584. The van der Waals surface area contributed by atoms with Crippen LogP contribution in [0.5, 0.6) is 0 Å². The van der Waals surface area contributed by atoms with Gasteiger partial charge in [-0.25, -0.2) is 0 Å². The van der Waals surface area contributed by atoms with E-state index >= 15 is 0 Å². The minimum Gasteiger partial charge on any atom is -0.370 e. The van der Waals surface area contributed by atoms with Gasteiger partial charge in [0, 0.05) is 41.7 Å². The highest BCUT2D eigenvalue weighted by Gasteiger charge is 2.12. The quantitative estimate of drug-likeness (QED) is 0.806. The predicted octanol–water partition coefficient (Wildman–Crippen LogP) is 3.68. The second-order valence-corrected chi connectivity index (χ2v) is 5.35. The first-order chi connectivity index (χ1) is 9.08. The van der Waals surface area contributed by atoms with E-state index in [4.69, 9.17) is 0 Å². The summed E-state index contributed by atoms with van der Waals surface area (Å²) in [6, 6.07) is 9.70. The van der Waals surface area contributed by atoms with Crippen molar-refractivity contribution in [3.8, 4) is 0 Å². The Morgan fingerprint density at radius 2 is 2.16 bits per heavy atom. The minimum atomic E-state index is 0.0642. The van der Waals surface area contributed by atoms with E-state index in [-0.39, 0.29) is 5.78 Å². The number of carbonyl (C=O) groups excluding carboxylic acids is 1. The molecule has 19 heavy (non-hydrogen) atoms. The summed E-state index contributed by atoms with van der Waals surface area (Å²) >= 11 is 3.40. The zero-order valence-electron chi connectivity index (χ0n) is 10.9. The third-order valence-electron chi connectivity index (χ3n) is 2.89. The molecule has 2 aromatic rings. The van der Waals surface area contributed by atoms with Crippen molar-refractivity contribution >= 4 is 27.4 Å². The van der Waals surface area contributed by atoms with E-state index in [2.05, 4.69) is 25.8 Å². The highest BCUT2D eigenvalue weighted by Crippen LogP contribution is 2.25. The molecule has 0 fully saturated rings. The Kier molecular flexibility index (Phi) is 4.32. The standard InChI is InChI=1S/C15H15BrN2O/c1-11(19)14-8-13(16)5-6-15(14)18(2)10-12-4-3-7-17-9-12/h3-9H,10H2,1-2H3. The first-order valence-electron chi connectivity index (χ1n) is 5.98. The van der Waals surface area contributed by atoms with Gasteiger partial charge in [-0.05, 0) is 36.8 Å². The largest absolute Gasteiger partial charge is 0.370 e. The zero-order valence-corrected chi connectivity index (χ0v) is 12.5. The number of benzene rings is 1. The maximum Gasteiger partial charge on any atom is 0.161 e. The molecule has 2 rings (SSSR count). The zero-order chi connectivity index (χ0) is 13.8. The Morgan fingerprint density at radius 3 is 2.79 bits per heavy atom. The van der Waals surface area contributed by atoms with Crippen molar-refractivity contribution < 1.29 is 4.79 Å². The highest BCUT2D eigenvalue weighted by molar-refractivity contribution is 9.10. The van der Waals surface area contributed by atoms with Crippen LogP contribution < -0.4 is 4.90 Å². The Morgan fingerprint density at radius 1 is 1.37 bits per heavy atom. The summed E-state index contributed by atoms with van der Waals surface area (Å²) in [4.78, 5) is 17.9. The maximum absolute atomic E-state index is 11.7. The minimum absolute atomic E-state index is 0.0642. The Hall–Kier alpha value is -1.68. The molecule has 98 valence electrons. The van der Waals surface area contributed by atoms with E-state index in [1.807, 2.05) is 43.6 Å². The van der Waals surface area contributed by atoms with Crippen LogP contribution >= 0.6 is 15.9 Å². The van der Waals surface area contributed by atoms with Crippen molar-refractivity contribution in [3.05, 3.63) is 58.3 Å². The SMILES string of the molecule is CC(=O)c1cc(Br)ccc1N(C)Cc1cccnc1. The van der Waals surface area contributed by atoms with Gasteiger partial charge in [0.1, 0.15) is 0 Å². The van der Waals surface area contributed by atoms with Crippen molar-refractivity contribution in [2.45, 2.75) is 13.5 Å². The van der Waals surface area contributed by atoms with Gasteiger partial charge >= 0.3 is 0 Å². The summed E-state index contributed by atoms with van der Waals surface area (Å²) in [7, 11) is 1.97. The monoisotopic (exact) mass is 318 g/mol. The van der Waals surface area contributed by atoms with Crippen LogP contribution in [0.1, 0.15) is 22.8 Å². The van der Waals surface area contributed by atoms with Crippen molar-refractivity contribution in [1.29, 1.82) is 0 Å². The average molecular weight is 319 g/mol. The molecule has 0 aliphatic carbocycles. The molecular formula is C15H15BrN2O. The summed E-state index contributed by atoms with van der Waals surface area (Å²) in [5.41, 5.74) is 2.77. The topological polar surface area (TPSA) is 33.2 Å². The number of anilines is 1. The van der Waals surface area contributed by atoms with Gasteiger partial charge in [0.15, 0.2) is 5.78 Å². The second kappa shape index (κ2) is 5.97. The van der Waals surface area contributed by atoms with Crippen LogP contribution in [0.25, 0.3) is 0 Å². The second-order valence-electron chi connectivity index (χ2n) is 4.43. The van der Waals surface area contributed by atoms with E-state index in [9.17, 15) is 4.79 Å². The molecule has 0 radical (unpaired) electrons. The van der Waals surface area contributed by atoms with Crippen LogP contribution in [0.3, 0.4) is 0 Å². The van der Waals surface area contributed by atoms with Gasteiger partial charge in [-0.3, -0.25) is 9.78 Å². The lowest BCUT2D eigenvalue weighted by molar-refractivity contribution is 0.101. The van der Waals surface area contributed by atoms with Crippen LogP contribution in [0.15, 0.2) is 47.2 Å². The molecule has 0 spiro atoms. The Balaban J connectivity index is 2.28. The molecule has 3 nitrogen and oxygen atoms in total. The first kappa shape index (κ1) is 13.7. The predicted molar refractivity (Wildman–Crippen MR) is 80.5 cm³/mol. The molecule has 0 unspecified atom stereocenters. The molecule has 1 heterocycles. The number of halogens is 1. The molecule has 0 bridgehead atoms. The number of nitrogens with zero attached hydrogens (tertiary/aromatic N) is 2. The molecule has 0 aliphatic heterocycles. The van der Waals surface area contributed by atoms with Crippen LogP contribution in [-0.4, -0.2) is 17.8 Å². The fraction of sp³-hybridized carbons (Fsp3) is 0.200. The van der Waals surface area contributed by atoms with Gasteiger partial charge in [0.05, 0.1) is 0 Å². The van der Waals surface area contributed by atoms with Gasteiger partial charge in [0.25, 0.3) is 0 Å². The van der Waals surface area contributed by atoms with Crippen molar-refractivity contribution in [1.82, 2.24) is 4.98 Å². The van der Waals surface area contributed by atoms with Gasteiger partial charge in [-0.1, -0.05) is 22.0 Å². The van der Waals surface area contributed by atoms with Crippen LogP contribution in [-0.2, 0) is 6.54 Å². The summed E-state index contributed by atoms with van der Waals surface area (Å²) in [5.74, 6) is 0.0642. The molecule has 0 amide bonds. The van der Waals surface area contributed by atoms with E-state index in [0.29, 0.717) is 0 Å². The molecule has 0 saturated heterocycles. The molecule has 1 aromatic heterocycles. The lowest BCUT2D eigenvalue weighted by Gasteiger charge is -2.22. The van der Waals surface area contributed by atoms with E-state index < -0.39 is 0 Å². The summed E-state index contributed by atoms with van der Waals surface area (Å²) < 4.78 is 0.913. The maximum atomic E-state index is 11.7. The fourth-order valence-corrected chi connectivity index (χ4v) is 2.33. The molecule has 0 aliphatic rings. The molecule has 1 aromatic carbocycles. The number of Topliss-reactive ketones (excluding diaryl/α,β-unsaturated/α-hetero) is 1. The van der Waals surface area contributed by atoms with E-state index in [1.54, 1.807) is 13.1 Å². The summed E-state index contributed by atoms with van der Waals surface area (Å²) in [5, 5.41) is 0. The lowest BCUT2D eigenvalue weighted by atomic mass is 10.1. The van der Waals surface area contributed by atoms with E-state index in [0.717, 1.165) is 27.8 Å². The third kappa shape index (κ3) is 3.41. The van der Waals surface area contributed by atoms with Crippen LogP contribution in [0.4, 0.5) is 5.69 Å². The summed E-state index contributed by atoms with van der Waals surface area (Å²) in [6.07, 6.45) is 3.59. The number of pyridine rings is 1. The number of carbonyl (C=O) groups is 1. The lowest BCUT2D eigenvalue weighted by Crippen LogP contribution is -2.19. The van der Waals surface area contributed by atoms with Gasteiger partial charge in [0.2, 0.25) is 0 Å². The van der Waals surface area contributed by atoms with Crippen molar-refractivity contribution in [3.63, 3.8) is 0 Å². The first-order valence-corrected chi connectivity index (χ1v) is 6.78. The number of rotatable bonds is 4. The molecule has 0 atom stereocenters. The fourth-order valence-electron chi connectivity index (χ4n) is 1.97. The van der Waals surface area contributed by atoms with Gasteiger partial charge < -0.3 is 4.90 Å². The molecule has 4 heteroatoms. The number of aromatic nitrogens is 1. The van der Waals surface area contributed by atoms with Crippen molar-refractivity contribution in [2.75, 3.05) is 11.9 Å². The average Bonchev–Trinajstić information content (AvgIpc) is 2.39. The molecular weight excluding hydrogens is 304 g/mol. The van der Waals surface area contributed by atoms with Crippen molar-refractivity contribution in [2.24, 2.45) is 0 Å². The number of hydrogen-bond donors (Lipinski definition) is 0. The number of ketones is 1. The van der Waals surface area contributed by atoms with Crippen LogP contribution in [0.2, 0.25) is 0 Å². The molecule has 0 N–H and O–H groups in total. The normalized spacial score (nSPS) is 10.3. The van der Waals surface area contributed by atoms with Crippen LogP contribution in [0, 0.1) is 0 Å². The molecule has 0 saturated carbocycles. The third-order valence-corrected chi connectivity index (χ3v) is 3.38. The Labute approximate surface area is 121 Å².